The number of ether oxygens (including phenoxy) is 2. The van der Waals surface area contributed by atoms with E-state index in [1.165, 1.54) is 0 Å². The molecule has 0 aliphatic carbocycles. The van der Waals surface area contributed by atoms with Crippen LogP contribution in [0.15, 0.2) is 30.5 Å². The van der Waals surface area contributed by atoms with Crippen molar-refractivity contribution in [3.63, 3.8) is 0 Å². The molecule has 0 saturated carbocycles. The maximum Gasteiger partial charge on any atom is 0.429 e. The van der Waals surface area contributed by atoms with Gasteiger partial charge in [-0.3, -0.25) is 4.57 Å². The van der Waals surface area contributed by atoms with E-state index in [1.807, 2.05) is 32.0 Å². The average Bonchev–Trinajstić information content (AvgIpc) is 3.23. The molecule has 1 aromatic carbocycles. The molecular weight excluding hydrogens is 458 g/mol. The van der Waals surface area contributed by atoms with E-state index in [1.54, 1.807) is 35.5 Å². The second-order valence-electron chi connectivity index (χ2n) is 7.41. The Balaban J connectivity index is 1.84. The molecule has 32 heavy (non-hydrogen) atoms. The zero-order chi connectivity index (χ0) is 23.6. The van der Waals surface area contributed by atoms with Crippen LogP contribution < -0.4 is 9.46 Å². The highest BCUT2D eigenvalue weighted by Gasteiger charge is 2.28. The first kappa shape index (κ1) is 24.1. The molecule has 12 heteroatoms. The number of carbonyl (C=O) groups excluding carboxylic acids is 1. The lowest BCUT2D eigenvalue weighted by molar-refractivity contribution is 0.0831. The fourth-order valence-electron chi connectivity index (χ4n) is 3.12. The lowest BCUT2D eigenvalue weighted by atomic mass is 10.2. The fourth-order valence-corrected chi connectivity index (χ4v) is 4.07. The number of fused-ring (bicyclic) bond motifs is 1. The van der Waals surface area contributed by atoms with E-state index >= 15 is 0 Å². The molecule has 0 spiro atoms. The van der Waals surface area contributed by atoms with E-state index in [0.29, 0.717) is 20.8 Å². The molecule has 2 aromatic heterocycles. The van der Waals surface area contributed by atoms with E-state index in [4.69, 9.17) is 21.1 Å². The van der Waals surface area contributed by atoms with Crippen LogP contribution >= 0.6 is 11.6 Å². The summed E-state index contributed by atoms with van der Waals surface area (Å²) in [6.07, 6.45) is 0.694. The molecule has 0 atom stereocenters. The highest BCUT2D eigenvalue weighted by Crippen LogP contribution is 2.31. The Hall–Kier alpha value is -2.60. The molecule has 174 valence electrons. The minimum absolute atomic E-state index is 0.0211. The van der Waals surface area contributed by atoms with Gasteiger partial charge in [0.15, 0.2) is 11.6 Å². The number of carbonyl (C=O) groups is 1. The monoisotopic (exact) mass is 483 g/mol. The summed E-state index contributed by atoms with van der Waals surface area (Å²) in [5.74, 6) is 0.618. The van der Waals surface area contributed by atoms with Gasteiger partial charge in [0.05, 0.1) is 18.2 Å². The number of amides is 1. The van der Waals surface area contributed by atoms with Gasteiger partial charge in [-0.25, -0.2) is 9.48 Å². The molecule has 10 nitrogen and oxygen atoms in total. The lowest BCUT2D eigenvalue weighted by Crippen LogP contribution is -2.44. The summed E-state index contributed by atoms with van der Waals surface area (Å²) in [5.41, 5.74) is 1.25. The summed E-state index contributed by atoms with van der Waals surface area (Å²) in [4.78, 5) is 12.7. The van der Waals surface area contributed by atoms with E-state index in [0.717, 1.165) is 18.0 Å². The zero-order valence-electron chi connectivity index (χ0n) is 18.5. The molecular formula is C20H26ClN5O5S. The van der Waals surface area contributed by atoms with Crippen LogP contribution in [0.5, 0.6) is 5.75 Å². The molecule has 0 radical (unpaired) electrons. The first-order valence-corrected chi connectivity index (χ1v) is 11.7. The number of benzene rings is 1. The predicted molar refractivity (Wildman–Crippen MR) is 122 cm³/mol. The van der Waals surface area contributed by atoms with E-state index in [2.05, 4.69) is 9.82 Å². The summed E-state index contributed by atoms with van der Waals surface area (Å²) in [6, 6.07) is 7.28. The quantitative estimate of drug-likeness (QED) is 0.493. The van der Waals surface area contributed by atoms with Crippen molar-refractivity contribution in [1.82, 2.24) is 23.4 Å². The van der Waals surface area contributed by atoms with Crippen LogP contribution in [0.3, 0.4) is 0 Å². The van der Waals surface area contributed by atoms with Crippen molar-refractivity contribution in [2.75, 3.05) is 20.2 Å². The summed E-state index contributed by atoms with van der Waals surface area (Å²) >= 11 is 6.08. The van der Waals surface area contributed by atoms with Gasteiger partial charge >= 0.3 is 16.3 Å². The number of hydrogen-bond acceptors (Lipinski definition) is 6. The first-order chi connectivity index (χ1) is 15.0. The zero-order valence-corrected chi connectivity index (χ0v) is 20.1. The Morgan fingerprint density at radius 1 is 1.31 bits per heavy atom. The Morgan fingerprint density at radius 3 is 2.72 bits per heavy atom. The molecule has 1 N–H and O–H groups in total. The van der Waals surface area contributed by atoms with Gasteiger partial charge in [-0.15, -0.1) is 0 Å². The SMILES string of the molecule is Cc1nn(C)c(-n2ccc3cc(Cl)ccc32)c1OC(=O)N(C)S(=O)(=O)NCCOC(C)C. The molecule has 3 rings (SSSR count). The number of nitrogens with zero attached hydrogens (tertiary/aromatic N) is 4. The van der Waals surface area contributed by atoms with Crippen molar-refractivity contribution in [2.24, 2.45) is 7.05 Å². The second kappa shape index (κ2) is 9.49. The maximum absolute atomic E-state index is 12.7. The summed E-state index contributed by atoms with van der Waals surface area (Å²) < 4.78 is 41.8. The van der Waals surface area contributed by atoms with Gasteiger partial charge in [0.2, 0.25) is 0 Å². The summed E-state index contributed by atoms with van der Waals surface area (Å²) in [6.45, 7) is 5.55. The van der Waals surface area contributed by atoms with E-state index in [-0.39, 0.29) is 25.0 Å². The van der Waals surface area contributed by atoms with Crippen molar-refractivity contribution < 1.29 is 22.7 Å². The summed E-state index contributed by atoms with van der Waals surface area (Å²) in [5, 5.41) is 5.82. The van der Waals surface area contributed by atoms with Crippen LogP contribution in [-0.4, -0.2) is 59.5 Å². The Kier molecular flexibility index (Phi) is 7.13. The topological polar surface area (TPSA) is 108 Å². The van der Waals surface area contributed by atoms with Gasteiger partial charge < -0.3 is 9.47 Å². The molecule has 2 heterocycles. The van der Waals surface area contributed by atoms with Crippen molar-refractivity contribution in [3.05, 3.63) is 41.2 Å². The second-order valence-corrected chi connectivity index (χ2v) is 9.63. The van der Waals surface area contributed by atoms with Gasteiger partial charge in [-0.1, -0.05) is 11.6 Å². The van der Waals surface area contributed by atoms with Crippen molar-refractivity contribution >= 4 is 38.8 Å². The molecule has 0 fully saturated rings. The molecule has 0 bridgehead atoms. The molecule has 3 aromatic rings. The highest BCUT2D eigenvalue weighted by atomic mass is 35.5. The van der Waals surface area contributed by atoms with Crippen LogP contribution in [0.25, 0.3) is 16.7 Å². The number of halogens is 1. The molecule has 0 aliphatic heterocycles. The average molecular weight is 484 g/mol. The summed E-state index contributed by atoms with van der Waals surface area (Å²) in [7, 11) is -1.29. The number of rotatable bonds is 8. The Morgan fingerprint density at radius 2 is 2.03 bits per heavy atom. The Labute approximate surface area is 191 Å². The third kappa shape index (κ3) is 5.07. The number of aryl methyl sites for hydroxylation is 2. The number of hydrogen-bond donors (Lipinski definition) is 1. The highest BCUT2D eigenvalue weighted by molar-refractivity contribution is 7.87. The van der Waals surface area contributed by atoms with Gasteiger partial charge in [0.1, 0.15) is 5.69 Å². The molecule has 0 unspecified atom stereocenters. The van der Waals surface area contributed by atoms with Crippen LogP contribution in [0, 0.1) is 6.92 Å². The smallest absolute Gasteiger partial charge is 0.403 e. The predicted octanol–water partition coefficient (Wildman–Crippen LogP) is 3.02. The normalized spacial score (nSPS) is 12.0. The largest absolute Gasteiger partial charge is 0.429 e. The third-order valence-corrected chi connectivity index (χ3v) is 6.34. The standard InChI is InChI=1S/C20H26ClN5O5S/c1-13(2)30-11-9-22-32(28,29)25(5)20(27)31-18-14(3)23-24(4)19(18)26-10-8-15-12-16(21)6-7-17(15)26/h6-8,10,12-13,22H,9,11H2,1-5H3. The number of nitrogens with one attached hydrogen (secondary N) is 1. The lowest BCUT2D eigenvalue weighted by Gasteiger charge is -2.18. The van der Waals surface area contributed by atoms with Crippen LogP contribution in [-0.2, 0) is 22.0 Å². The van der Waals surface area contributed by atoms with E-state index < -0.39 is 16.3 Å². The van der Waals surface area contributed by atoms with Crippen molar-refractivity contribution in [2.45, 2.75) is 26.9 Å². The first-order valence-electron chi connectivity index (χ1n) is 9.88. The van der Waals surface area contributed by atoms with Crippen LogP contribution in [0.4, 0.5) is 4.79 Å². The van der Waals surface area contributed by atoms with E-state index in [9.17, 15) is 13.2 Å². The third-order valence-electron chi connectivity index (χ3n) is 4.66. The molecule has 1 amide bonds. The van der Waals surface area contributed by atoms with Gasteiger partial charge in [0.25, 0.3) is 0 Å². The van der Waals surface area contributed by atoms with Crippen LogP contribution in [0.2, 0.25) is 5.02 Å². The van der Waals surface area contributed by atoms with Gasteiger partial charge in [0, 0.05) is 37.2 Å². The fraction of sp³-hybridized carbons (Fsp3) is 0.400. The van der Waals surface area contributed by atoms with Crippen molar-refractivity contribution in [3.8, 4) is 11.6 Å². The minimum Gasteiger partial charge on any atom is -0.403 e. The van der Waals surface area contributed by atoms with Crippen LogP contribution in [0.1, 0.15) is 19.5 Å². The maximum atomic E-state index is 12.7. The molecule has 0 saturated heterocycles. The van der Waals surface area contributed by atoms with Crippen molar-refractivity contribution in [1.29, 1.82) is 0 Å². The number of aromatic nitrogens is 3. The van der Waals surface area contributed by atoms with Gasteiger partial charge in [-0.2, -0.15) is 22.5 Å². The minimum atomic E-state index is -4.11. The Bertz CT molecular complexity index is 1230. The van der Waals surface area contributed by atoms with Gasteiger partial charge in [-0.05, 0) is 45.0 Å². The molecule has 0 aliphatic rings.